The summed E-state index contributed by atoms with van der Waals surface area (Å²) in [6.07, 6.45) is 1.38. The molecule has 5 nitrogen and oxygen atoms in total. The fourth-order valence-corrected chi connectivity index (χ4v) is 2.90. The predicted octanol–water partition coefficient (Wildman–Crippen LogP) is 3.53. The molecule has 0 aliphatic rings. The third-order valence-corrected chi connectivity index (χ3v) is 4.53. The quantitative estimate of drug-likeness (QED) is 0.658. The van der Waals surface area contributed by atoms with E-state index in [1.165, 1.54) is 5.56 Å². The topological polar surface area (TPSA) is 70.2 Å². The number of hydrogen-bond donors (Lipinski definition) is 1. The molecule has 1 heterocycles. The van der Waals surface area contributed by atoms with Crippen LogP contribution >= 0.6 is 15.9 Å². The highest BCUT2D eigenvalue weighted by Crippen LogP contribution is 2.29. The molecule has 118 valence electrons. The third-order valence-electron chi connectivity index (χ3n) is 3.53. The van der Waals surface area contributed by atoms with Crippen molar-refractivity contribution in [3.05, 3.63) is 51.3 Å². The first-order valence-corrected chi connectivity index (χ1v) is 7.88. The van der Waals surface area contributed by atoms with Crippen molar-refractivity contribution in [3.63, 3.8) is 0 Å². The average Bonchev–Trinajstić information content (AvgIpc) is 2.72. The van der Waals surface area contributed by atoms with Gasteiger partial charge >= 0.3 is 0 Å². The summed E-state index contributed by atoms with van der Waals surface area (Å²) in [6, 6.07) is 10.0. The van der Waals surface area contributed by atoms with Crippen molar-refractivity contribution in [3.8, 4) is 11.8 Å². The van der Waals surface area contributed by atoms with E-state index in [9.17, 15) is 4.79 Å². The highest BCUT2D eigenvalue weighted by Gasteiger charge is 2.15. The molecule has 1 aromatic heterocycles. The Morgan fingerprint density at radius 2 is 1.96 bits per heavy atom. The van der Waals surface area contributed by atoms with E-state index in [-0.39, 0.29) is 6.42 Å². The Kier molecular flexibility index (Phi) is 5.35. The molecule has 23 heavy (non-hydrogen) atoms. The fraction of sp³-hybridized carbons (Fsp3) is 0.235. The van der Waals surface area contributed by atoms with Gasteiger partial charge in [0, 0.05) is 27.1 Å². The maximum Gasteiger partial charge on any atom is 0.254 e. The molecule has 1 N–H and O–H groups in total. The first-order chi connectivity index (χ1) is 11.0. The van der Waals surface area contributed by atoms with Crippen LogP contribution < -0.4 is 5.43 Å². The standard InChI is InChI=1S/C17H17BrN4O/c1-11-4-6-14(7-5-11)22-12(2)15(17(18)13(22)3)10-20-21-16(23)8-9-19/h4-7,10H,8H2,1-3H3,(H,21,23)/b20-10-. The first kappa shape index (κ1) is 17.0. The summed E-state index contributed by atoms with van der Waals surface area (Å²) in [5, 5.41) is 12.4. The lowest BCUT2D eigenvalue weighted by molar-refractivity contribution is -0.120. The minimum absolute atomic E-state index is 0.207. The zero-order chi connectivity index (χ0) is 17.0. The molecule has 0 fully saturated rings. The molecule has 6 heteroatoms. The van der Waals surface area contributed by atoms with Gasteiger partial charge < -0.3 is 4.57 Å². The van der Waals surface area contributed by atoms with Crippen molar-refractivity contribution < 1.29 is 4.79 Å². The van der Waals surface area contributed by atoms with E-state index >= 15 is 0 Å². The van der Waals surface area contributed by atoms with Crippen LogP contribution in [-0.2, 0) is 4.79 Å². The fourth-order valence-electron chi connectivity index (χ4n) is 2.34. The van der Waals surface area contributed by atoms with Crippen molar-refractivity contribution in [1.82, 2.24) is 9.99 Å². The lowest BCUT2D eigenvalue weighted by Gasteiger charge is -2.09. The van der Waals surface area contributed by atoms with Crippen LogP contribution in [0.2, 0.25) is 0 Å². The van der Waals surface area contributed by atoms with Crippen molar-refractivity contribution in [2.75, 3.05) is 0 Å². The van der Waals surface area contributed by atoms with Crippen LogP contribution in [0.4, 0.5) is 0 Å². The Morgan fingerprint density at radius 1 is 1.30 bits per heavy atom. The van der Waals surface area contributed by atoms with Gasteiger partial charge in [0.05, 0.1) is 12.3 Å². The number of carbonyl (C=O) groups excluding carboxylic acids is 1. The molecule has 0 aliphatic heterocycles. The Bertz CT molecular complexity index is 797. The van der Waals surface area contributed by atoms with E-state index in [1.54, 1.807) is 12.3 Å². The van der Waals surface area contributed by atoms with Gasteiger partial charge in [-0.05, 0) is 48.8 Å². The molecule has 1 amide bonds. The summed E-state index contributed by atoms with van der Waals surface area (Å²) in [4.78, 5) is 11.3. The lowest BCUT2D eigenvalue weighted by Crippen LogP contribution is -2.16. The summed E-state index contributed by atoms with van der Waals surface area (Å²) in [7, 11) is 0. The maximum atomic E-state index is 11.3. The molecular formula is C17H17BrN4O. The van der Waals surface area contributed by atoms with E-state index < -0.39 is 5.91 Å². The summed E-state index contributed by atoms with van der Waals surface area (Å²) < 4.78 is 3.05. The van der Waals surface area contributed by atoms with Gasteiger partial charge in [-0.15, -0.1) is 0 Å². The van der Waals surface area contributed by atoms with Gasteiger partial charge in [0.2, 0.25) is 0 Å². The minimum atomic E-state index is -0.424. The van der Waals surface area contributed by atoms with Crippen molar-refractivity contribution in [1.29, 1.82) is 5.26 Å². The SMILES string of the molecule is Cc1ccc(-n2c(C)c(Br)c(/C=N\NC(=O)CC#N)c2C)cc1. The average molecular weight is 373 g/mol. The van der Waals surface area contributed by atoms with Gasteiger partial charge in [-0.25, -0.2) is 5.43 Å². The third kappa shape index (κ3) is 3.69. The zero-order valence-electron chi connectivity index (χ0n) is 13.2. The second-order valence-corrected chi connectivity index (χ2v) is 5.99. The molecule has 0 bridgehead atoms. The number of nitrogens with one attached hydrogen (secondary N) is 1. The number of carbonyl (C=O) groups is 1. The van der Waals surface area contributed by atoms with Crippen molar-refractivity contribution in [2.45, 2.75) is 27.2 Å². The van der Waals surface area contributed by atoms with Crippen LogP contribution in [0.15, 0.2) is 33.8 Å². The lowest BCUT2D eigenvalue weighted by atomic mass is 10.2. The molecule has 2 aromatic rings. The molecule has 0 saturated carbocycles. The summed E-state index contributed by atoms with van der Waals surface area (Å²) >= 11 is 3.58. The number of hydrazone groups is 1. The second kappa shape index (κ2) is 7.25. The molecule has 2 rings (SSSR count). The normalized spacial score (nSPS) is 10.7. The number of hydrogen-bond acceptors (Lipinski definition) is 3. The van der Waals surface area contributed by atoms with Crippen LogP contribution in [0.5, 0.6) is 0 Å². The highest BCUT2D eigenvalue weighted by atomic mass is 79.9. The second-order valence-electron chi connectivity index (χ2n) is 5.20. The highest BCUT2D eigenvalue weighted by molar-refractivity contribution is 9.10. The number of aryl methyl sites for hydroxylation is 1. The molecule has 0 atom stereocenters. The van der Waals surface area contributed by atoms with Crippen molar-refractivity contribution >= 4 is 28.1 Å². The van der Waals surface area contributed by atoms with Crippen LogP contribution in [-0.4, -0.2) is 16.7 Å². The van der Waals surface area contributed by atoms with E-state index in [2.05, 4.69) is 62.2 Å². The van der Waals surface area contributed by atoms with Crippen LogP contribution in [0.3, 0.4) is 0 Å². The van der Waals surface area contributed by atoms with Crippen LogP contribution in [0.25, 0.3) is 5.69 Å². The molecule has 0 unspecified atom stereocenters. The minimum Gasteiger partial charge on any atom is -0.317 e. The Hall–Kier alpha value is -2.39. The van der Waals surface area contributed by atoms with E-state index in [1.807, 2.05) is 13.8 Å². The number of nitriles is 1. The summed E-state index contributed by atoms with van der Waals surface area (Å²) in [5.74, 6) is -0.424. The Labute approximate surface area is 143 Å². The number of nitrogens with zero attached hydrogens (tertiary/aromatic N) is 3. The van der Waals surface area contributed by atoms with Gasteiger partial charge in [-0.3, -0.25) is 4.79 Å². The van der Waals surface area contributed by atoms with Gasteiger partial charge in [-0.2, -0.15) is 10.4 Å². The first-order valence-electron chi connectivity index (χ1n) is 7.09. The summed E-state index contributed by atoms with van der Waals surface area (Å²) in [5.41, 5.74) is 7.57. The largest absolute Gasteiger partial charge is 0.317 e. The van der Waals surface area contributed by atoms with E-state index in [4.69, 9.17) is 5.26 Å². The van der Waals surface area contributed by atoms with Crippen LogP contribution in [0, 0.1) is 32.1 Å². The molecule has 0 aliphatic carbocycles. The maximum absolute atomic E-state index is 11.3. The Balaban J connectivity index is 2.35. The van der Waals surface area contributed by atoms with Gasteiger partial charge in [0.1, 0.15) is 6.42 Å². The number of benzene rings is 1. The van der Waals surface area contributed by atoms with Gasteiger partial charge in [-0.1, -0.05) is 17.7 Å². The number of amides is 1. The molecule has 0 spiro atoms. The zero-order valence-corrected chi connectivity index (χ0v) is 14.8. The molecule has 0 radical (unpaired) electrons. The Morgan fingerprint density at radius 3 is 2.57 bits per heavy atom. The molecular weight excluding hydrogens is 356 g/mol. The van der Waals surface area contributed by atoms with Gasteiger partial charge in [0.25, 0.3) is 5.91 Å². The van der Waals surface area contributed by atoms with E-state index in [0.717, 1.165) is 27.1 Å². The number of rotatable bonds is 4. The molecule has 1 aromatic carbocycles. The summed E-state index contributed by atoms with van der Waals surface area (Å²) in [6.45, 7) is 6.07. The van der Waals surface area contributed by atoms with Crippen molar-refractivity contribution in [2.24, 2.45) is 5.10 Å². The monoisotopic (exact) mass is 372 g/mol. The number of halogens is 1. The van der Waals surface area contributed by atoms with Crippen LogP contribution in [0.1, 0.15) is 28.9 Å². The van der Waals surface area contributed by atoms with Gasteiger partial charge in [0.15, 0.2) is 0 Å². The number of aromatic nitrogens is 1. The smallest absolute Gasteiger partial charge is 0.254 e. The molecule has 0 saturated heterocycles. The van der Waals surface area contributed by atoms with E-state index in [0.29, 0.717) is 0 Å². The predicted molar refractivity (Wildman–Crippen MR) is 93.6 cm³/mol.